The van der Waals surface area contributed by atoms with E-state index in [1.165, 1.54) is 16.7 Å². The summed E-state index contributed by atoms with van der Waals surface area (Å²) in [5.74, 6) is -3.73. The highest BCUT2D eigenvalue weighted by Gasteiger charge is 2.60. The zero-order valence-corrected chi connectivity index (χ0v) is 20.5. The Hall–Kier alpha value is -2.64. The molecule has 0 aliphatic carbocycles. The highest BCUT2D eigenvalue weighted by Crippen LogP contribution is 2.51. The molecule has 4 amide bonds. The van der Waals surface area contributed by atoms with Crippen molar-refractivity contribution < 1.29 is 29.1 Å². The maximum atomic E-state index is 12.9. The number of thioether (sulfide) groups is 1. The fraction of sp³-hybridized carbons (Fsp3) is 0.682. The van der Waals surface area contributed by atoms with Gasteiger partial charge in [-0.25, -0.2) is 4.79 Å². The minimum Gasteiger partial charge on any atom is -0.477 e. The molecule has 1 unspecified atom stereocenters. The van der Waals surface area contributed by atoms with E-state index in [1.54, 1.807) is 11.8 Å². The van der Waals surface area contributed by atoms with E-state index in [9.17, 15) is 29.1 Å². The number of β-lactam (4-membered cyclic amide) rings is 1. The van der Waals surface area contributed by atoms with Crippen molar-refractivity contribution in [1.82, 2.24) is 20.4 Å². The SMILES string of the molecule is C[C@@H](NC(=O)CC(N)=O)[C@H]1C(=O)N2C(C(=O)O)=C(S[C@@H]3CN[C@H](C(=O)N4CCC(N)C4)C3)[C@H](C)[C@H]12. The second-order valence-corrected chi connectivity index (χ2v) is 11.1. The Morgan fingerprint density at radius 1 is 1.31 bits per heavy atom. The molecule has 0 bridgehead atoms. The lowest BCUT2D eigenvalue weighted by Gasteiger charge is -2.47. The van der Waals surface area contributed by atoms with E-state index in [0.717, 1.165) is 6.42 Å². The van der Waals surface area contributed by atoms with Gasteiger partial charge in [0, 0.05) is 47.8 Å². The van der Waals surface area contributed by atoms with Gasteiger partial charge >= 0.3 is 5.97 Å². The van der Waals surface area contributed by atoms with Crippen molar-refractivity contribution in [3.63, 3.8) is 0 Å². The molecule has 4 aliphatic rings. The minimum absolute atomic E-state index is 0.00567. The van der Waals surface area contributed by atoms with Crippen LogP contribution in [0.1, 0.15) is 33.1 Å². The van der Waals surface area contributed by atoms with Gasteiger partial charge < -0.3 is 37.0 Å². The number of rotatable bonds is 8. The molecule has 0 spiro atoms. The largest absolute Gasteiger partial charge is 0.477 e. The fourth-order valence-electron chi connectivity index (χ4n) is 5.62. The summed E-state index contributed by atoms with van der Waals surface area (Å²) in [5.41, 5.74) is 11.0. The van der Waals surface area contributed by atoms with Crippen LogP contribution in [-0.2, 0) is 24.0 Å². The standard InChI is InChI=1S/C22H32N6O6S/c1-9-17-16(10(2)26-15(30)6-14(24)29)21(32)28(17)18(22(33)34)19(9)35-12-5-13(25-7-12)20(31)27-4-3-11(23)8-27/h9-13,16-17,25H,3-8,23H2,1-2H3,(H2,24,29)(H,26,30)(H,33,34)/t9-,10-,11?,12+,13+,16-,17-/m1/s1. The van der Waals surface area contributed by atoms with Crippen LogP contribution in [0.4, 0.5) is 0 Å². The zero-order chi connectivity index (χ0) is 25.6. The number of carboxylic acid groups (broad SMARTS) is 1. The third-order valence-corrected chi connectivity index (χ3v) is 8.78. The highest BCUT2D eigenvalue weighted by molar-refractivity contribution is 8.03. The number of fused-ring (bicyclic) bond motifs is 1. The van der Waals surface area contributed by atoms with Crippen LogP contribution in [0.15, 0.2) is 10.6 Å². The molecule has 0 aromatic heterocycles. The molecule has 12 nitrogen and oxygen atoms in total. The van der Waals surface area contributed by atoms with Crippen LogP contribution in [0.5, 0.6) is 0 Å². The van der Waals surface area contributed by atoms with Gasteiger partial charge in [-0.1, -0.05) is 6.92 Å². The maximum Gasteiger partial charge on any atom is 0.353 e. The number of carboxylic acids is 1. The molecule has 0 aromatic carbocycles. The number of aliphatic carboxylic acids is 1. The Labute approximate surface area is 207 Å². The van der Waals surface area contributed by atoms with Gasteiger partial charge in [0.15, 0.2) is 0 Å². The van der Waals surface area contributed by atoms with Gasteiger partial charge in [0.2, 0.25) is 23.6 Å². The first-order chi connectivity index (χ1) is 16.5. The molecule has 192 valence electrons. The van der Waals surface area contributed by atoms with Gasteiger partial charge in [0.1, 0.15) is 12.1 Å². The monoisotopic (exact) mass is 508 g/mol. The van der Waals surface area contributed by atoms with Crippen molar-refractivity contribution in [2.24, 2.45) is 23.3 Å². The predicted molar refractivity (Wildman–Crippen MR) is 126 cm³/mol. The van der Waals surface area contributed by atoms with E-state index >= 15 is 0 Å². The Bertz CT molecular complexity index is 987. The molecule has 7 N–H and O–H groups in total. The molecular formula is C22H32N6O6S. The number of carbonyl (C=O) groups is 5. The fourth-order valence-corrected chi connectivity index (χ4v) is 7.10. The summed E-state index contributed by atoms with van der Waals surface area (Å²) < 4.78 is 0. The zero-order valence-electron chi connectivity index (χ0n) is 19.7. The van der Waals surface area contributed by atoms with E-state index in [4.69, 9.17) is 11.5 Å². The summed E-state index contributed by atoms with van der Waals surface area (Å²) in [5, 5.41) is 15.8. The summed E-state index contributed by atoms with van der Waals surface area (Å²) >= 11 is 1.41. The normalized spacial score (nSPS) is 32.9. The van der Waals surface area contributed by atoms with Crippen LogP contribution in [0, 0.1) is 11.8 Å². The number of carbonyl (C=O) groups excluding carboxylic acids is 4. The average Bonchev–Trinajstić information content (AvgIpc) is 3.45. The van der Waals surface area contributed by atoms with Crippen LogP contribution < -0.4 is 22.1 Å². The molecule has 0 aromatic rings. The molecule has 3 saturated heterocycles. The Balaban J connectivity index is 1.43. The minimum atomic E-state index is -1.18. The first-order valence-electron chi connectivity index (χ1n) is 11.8. The summed E-state index contributed by atoms with van der Waals surface area (Å²) in [4.78, 5) is 64.6. The molecular weight excluding hydrogens is 476 g/mol. The molecule has 3 fully saturated rings. The summed E-state index contributed by atoms with van der Waals surface area (Å²) in [7, 11) is 0. The second-order valence-electron chi connectivity index (χ2n) is 9.80. The summed E-state index contributed by atoms with van der Waals surface area (Å²) in [6.07, 6.45) is 0.865. The number of primary amides is 1. The van der Waals surface area contributed by atoms with Gasteiger partial charge in [0.25, 0.3) is 0 Å². The number of likely N-dealkylation sites (tertiary alicyclic amines) is 1. The Morgan fingerprint density at radius 3 is 2.63 bits per heavy atom. The number of nitrogens with zero attached hydrogens (tertiary/aromatic N) is 2. The lowest BCUT2D eigenvalue weighted by molar-refractivity contribution is -0.158. The molecule has 7 atom stereocenters. The third kappa shape index (κ3) is 4.76. The van der Waals surface area contributed by atoms with Gasteiger partial charge in [0.05, 0.1) is 18.0 Å². The van der Waals surface area contributed by atoms with Gasteiger partial charge in [-0.2, -0.15) is 0 Å². The molecule has 0 radical (unpaired) electrons. The first kappa shape index (κ1) is 25.5. The molecule has 4 heterocycles. The number of nitrogens with two attached hydrogens (primary N) is 2. The molecule has 13 heteroatoms. The average molecular weight is 509 g/mol. The topological polar surface area (TPSA) is 188 Å². The Morgan fingerprint density at radius 2 is 2.03 bits per heavy atom. The third-order valence-electron chi connectivity index (χ3n) is 7.27. The van der Waals surface area contributed by atoms with E-state index in [1.807, 2.05) is 6.92 Å². The van der Waals surface area contributed by atoms with Crippen LogP contribution in [0.3, 0.4) is 0 Å². The van der Waals surface area contributed by atoms with Crippen molar-refractivity contribution >= 4 is 41.4 Å². The number of nitrogens with one attached hydrogen (secondary N) is 2. The van der Waals surface area contributed by atoms with E-state index in [0.29, 0.717) is 31.0 Å². The van der Waals surface area contributed by atoms with Gasteiger partial charge in [-0.3, -0.25) is 19.2 Å². The Kier molecular flexibility index (Phi) is 7.11. The summed E-state index contributed by atoms with van der Waals surface area (Å²) in [6.45, 7) is 5.29. The van der Waals surface area contributed by atoms with Gasteiger partial charge in [-0.05, 0) is 19.8 Å². The molecule has 4 rings (SSSR count). The maximum absolute atomic E-state index is 12.9. The lowest BCUT2D eigenvalue weighted by atomic mass is 9.78. The molecule has 35 heavy (non-hydrogen) atoms. The number of hydrogen-bond acceptors (Lipinski definition) is 8. The van der Waals surface area contributed by atoms with Crippen molar-refractivity contribution in [3.05, 3.63) is 10.6 Å². The van der Waals surface area contributed by atoms with E-state index in [2.05, 4.69) is 10.6 Å². The smallest absolute Gasteiger partial charge is 0.353 e. The van der Waals surface area contributed by atoms with Gasteiger partial charge in [-0.15, -0.1) is 11.8 Å². The molecule has 4 aliphatic heterocycles. The van der Waals surface area contributed by atoms with E-state index < -0.39 is 42.2 Å². The number of hydrogen-bond donors (Lipinski definition) is 5. The van der Waals surface area contributed by atoms with Crippen LogP contribution in [0.25, 0.3) is 0 Å². The van der Waals surface area contributed by atoms with Crippen molar-refractivity contribution in [3.8, 4) is 0 Å². The second kappa shape index (κ2) is 9.78. The van der Waals surface area contributed by atoms with Crippen molar-refractivity contribution in [2.45, 2.75) is 62.5 Å². The first-order valence-corrected chi connectivity index (χ1v) is 12.7. The van der Waals surface area contributed by atoms with E-state index in [-0.39, 0.29) is 40.8 Å². The number of amides is 4. The van der Waals surface area contributed by atoms with Crippen molar-refractivity contribution in [2.75, 3.05) is 19.6 Å². The lowest BCUT2D eigenvalue weighted by Crippen LogP contribution is -2.66. The predicted octanol–water partition coefficient (Wildman–Crippen LogP) is -1.84. The summed E-state index contributed by atoms with van der Waals surface area (Å²) in [6, 6.07) is -1.32. The van der Waals surface area contributed by atoms with Crippen LogP contribution >= 0.6 is 11.8 Å². The molecule has 0 saturated carbocycles. The highest BCUT2D eigenvalue weighted by atomic mass is 32.2. The van der Waals surface area contributed by atoms with Crippen LogP contribution in [0.2, 0.25) is 0 Å². The van der Waals surface area contributed by atoms with Crippen molar-refractivity contribution in [1.29, 1.82) is 0 Å². The van der Waals surface area contributed by atoms with Crippen LogP contribution in [-0.4, -0.2) is 93.6 Å². The quantitative estimate of drug-likeness (QED) is 0.185.